The van der Waals surface area contributed by atoms with E-state index in [1.54, 1.807) is 29.9 Å². The Morgan fingerprint density at radius 3 is 2.64 bits per heavy atom. The van der Waals surface area contributed by atoms with Crippen LogP contribution in [-0.2, 0) is 11.3 Å². The third kappa shape index (κ3) is 6.89. The number of rotatable bonds is 9. The first kappa shape index (κ1) is 24.0. The number of nitrogens with one attached hydrogen (secondary N) is 2. The van der Waals surface area contributed by atoms with Crippen LogP contribution in [0, 0.1) is 6.92 Å². The minimum absolute atomic E-state index is 0.149. The highest BCUT2D eigenvalue weighted by Gasteiger charge is 2.27. The summed E-state index contributed by atoms with van der Waals surface area (Å²) in [4.78, 5) is 31.7. The summed E-state index contributed by atoms with van der Waals surface area (Å²) >= 11 is 0. The zero-order valence-corrected chi connectivity index (χ0v) is 18.1. The molecule has 0 unspecified atom stereocenters. The summed E-state index contributed by atoms with van der Waals surface area (Å²) in [6.45, 7) is 3.49. The van der Waals surface area contributed by atoms with Crippen LogP contribution in [0.5, 0.6) is 5.88 Å². The van der Waals surface area contributed by atoms with E-state index in [1.807, 2.05) is 0 Å². The molecule has 0 saturated carbocycles. The van der Waals surface area contributed by atoms with E-state index < -0.39 is 19.2 Å². The van der Waals surface area contributed by atoms with Gasteiger partial charge in [-0.2, -0.15) is 18.3 Å². The number of carbonyl (C=O) groups excluding carboxylic acids is 2. The molecule has 2 amide bonds. The largest absolute Gasteiger partial charge is 0.477 e. The standard InChI is InChI=1S/C21H23F3N6O3/c1-13-9-15(10-28-20(13)33-8-4-21(22,23)24)11-30-12-16-17(29-30)3-5-26-18(16)19(32)27-7-6-25-14(2)31/h3,5,9-10,12H,4,6-8,11H2,1-2H3,(H,25,31)(H,27,32). The molecule has 33 heavy (non-hydrogen) atoms. The minimum Gasteiger partial charge on any atom is -0.477 e. The van der Waals surface area contributed by atoms with Gasteiger partial charge in [0.15, 0.2) is 0 Å². The lowest BCUT2D eigenvalue weighted by atomic mass is 10.2. The highest BCUT2D eigenvalue weighted by atomic mass is 19.4. The third-order valence-electron chi connectivity index (χ3n) is 4.54. The van der Waals surface area contributed by atoms with Gasteiger partial charge in [0.1, 0.15) is 5.69 Å². The molecule has 0 aliphatic carbocycles. The van der Waals surface area contributed by atoms with Crippen LogP contribution >= 0.6 is 0 Å². The average molecular weight is 464 g/mol. The van der Waals surface area contributed by atoms with E-state index in [9.17, 15) is 22.8 Å². The molecule has 0 aliphatic rings. The molecule has 3 aromatic heterocycles. The Hall–Kier alpha value is -3.70. The second kappa shape index (κ2) is 10.3. The molecule has 0 radical (unpaired) electrons. The van der Waals surface area contributed by atoms with E-state index in [-0.39, 0.29) is 29.9 Å². The van der Waals surface area contributed by atoms with Crippen LogP contribution in [-0.4, -0.2) is 57.4 Å². The van der Waals surface area contributed by atoms with Gasteiger partial charge in [-0.1, -0.05) is 0 Å². The fourth-order valence-corrected chi connectivity index (χ4v) is 3.06. The molecule has 0 bridgehead atoms. The van der Waals surface area contributed by atoms with Gasteiger partial charge in [-0.15, -0.1) is 0 Å². The fraction of sp³-hybridized carbons (Fsp3) is 0.381. The summed E-state index contributed by atoms with van der Waals surface area (Å²) < 4.78 is 43.6. The number of hydrogen-bond acceptors (Lipinski definition) is 6. The van der Waals surface area contributed by atoms with Gasteiger partial charge in [-0.3, -0.25) is 19.3 Å². The lowest BCUT2D eigenvalue weighted by Crippen LogP contribution is -2.34. The maximum Gasteiger partial charge on any atom is 0.392 e. The molecule has 0 saturated heterocycles. The zero-order chi connectivity index (χ0) is 24.0. The number of hydrogen-bond donors (Lipinski definition) is 2. The van der Waals surface area contributed by atoms with Crippen molar-refractivity contribution in [1.82, 2.24) is 30.4 Å². The number of carbonyl (C=O) groups is 2. The van der Waals surface area contributed by atoms with Gasteiger partial charge in [0.2, 0.25) is 11.8 Å². The molecule has 3 rings (SSSR count). The molecular formula is C21H23F3N6O3. The summed E-state index contributed by atoms with van der Waals surface area (Å²) in [5.41, 5.74) is 2.16. The Bertz CT molecular complexity index is 1150. The number of aromatic nitrogens is 4. The van der Waals surface area contributed by atoms with Gasteiger partial charge in [0.05, 0.1) is 30.5 Å². The molecule has 2 N–H and O–H groups in total. The van der Waals surface area contributed by atoms with Gasteiger partial charge in [0, 0.05) is 44.2 Å². The molecule has 0 aliphatic heterocycles. The number of fused-ring (bicyclic) bond motifs is 1. The van der Waals surface area contributed by atoms with Gasteiger partial charge in [0.25, 0.3) is 5.91 Å². The van der Waals surface area contributed by atoms with Crippen molar-refractivity contribution in [1.29, 1.82) is 0 Å². The molecule has 0 atom stereocenters. The zero-order valence-electron chi connectivity index (χ0n) is 18.1. The number of alkyl halides is 3. The van der Waals surface area contributed by atoms with Crippen molar-refractivity contribution in [3.63, 3.8) is 0 Å². The predicted octanol–water partition coefficient (Wildman–Crippen LogP) is 2.38. The van der Waals surface area contributed by atoms with Crippen molar-refractivity contribution in [2.45, 2.75) is 33.0 Å². The van der Waals surface area contributed by atoms with Gasteiger partial charge >= 0.3 is 6.18 Å². The highest BCUT2D eigenvalue weighted by molar-refractivity contribution is 6.04. The fourth-order valence-electron chi connectivity index (χ4n) is 3.06. The average Bonchev–Trinajstić information content (AvgIpc) is 3.14. The Morgan fingerprint density at radius 2 is 1.94 bits per heavy atom. The number of pyridine rings is 2. The Labute approximate surface area is 187 Å². The molecule has 3 aromatic rings. The quantitative estimate of drug-likeness (QED) is 0.471. The van der Waals surface area contributed by atoms with Crippen LogP contribution in [0.4, 0.5) is 13.2 Å². The number of ether oxygens (including phenoxy) is 1. The highest BCUT2D eigenvalue weighted by Crippen LogP contribution is 2.22. The van der Waals surface area contributed by atoms with Crippen LogP contribution in [0.1, 0.15) is 35.0 Å². The summed E-state index contributed by atoms with van der Waals surface area (Å²) in [6.07, 6.45) is -0.648. The molecule has 12 heteroatoms. The Morgan fingerprint density at radius 1 is 1.18 bits per heavy atom. The number of amides is 2. The maximum absolute atomic E-state index is 12.5. The monoisotopic (exact) mass is 464 g/mol. The molecular weight excluding hydrogens is 441 g/mol. The van der Waals surface area contributed by atoms with E-state index in [0.29, 0.717) is 29.6 Å². The second-order valence-corrected chi connectivity index (χ2v) is 7.34. The molecule has 9 nitrogen and oxygen atoms in total. The second-order valence-electron chi connectivity index (χ2n) is 7.34. The van der Waals surface area contributed by atoms with Gasteiger partial charge in [-0.05, 0) is 24.6 Å². The predicted molar refractivity (Wildman–Crippen MR) is 113 cm³/mol. The van der Waals surface area contributed by atoms with Crippen molar-refractivity contribution in [2.24, 2.45) is 0 Å². The maximum atomic E-state index is 12.5. The normalized spacial score (nSPS) is 11.4. The number of nitrogens with zero attached hydrogens (tertiary/aromatic N) is 4. The van der Waals surface area contributed by atoms with E-state index in [1.165, 1.54) is 19.3 Å². The van der Waals surface area contributed by atoms with Crippen LogP contribution in [0.2, 0.25) is 0 Å². The first-order valence-corrected chi connectivity index (χ1v) is 10.1. The van der Waals surface area contributed by atoms with E-state index in [2.05, 4.69) is 25.7 Å². The first-order valence-electron chi connectivity index (χ1n) is 10.1. The summed E-state index contributed by atoms with van der Waals surface area (Å²) in [6, 6.07) is 3.44. The lowest BCUT2D eigenvalue weighted by molar-refractivity contribution is -0.139. The van der Waals surface area contributed by atoms with Crippen molar-refractivity contribution in [3.05, 3.63) is 47.5 Å². The molecule has 0 fully saturated rings. The van der Waals surface area contributed by atoms with Crippen molar-refractivity contribution < 1.29 is 27.5 Å². The topological polar surface area (TPSA) is 111 Å². The van der Waals surface area contributed by atoms with E-state index >= 15 is 0 Å². The molecule has 0 aromatic carbocycles. The number of aryl methyl sites for hydroxylation is 1. The summed E-state index contributed by atoms with van der Waals surface area (Å²) in [5, 5.41) is 10.3. The van der Waals surface area contributed by atoms with E-state index in [4.69, 9.17) is 4.74 Å². The molecule has 3 heterocycles. The van der Waals surface area contributed by atoms with Crippen LogP contribution < -0.4 is 15.4 Å². The minimum atomic E-state index is -4.29. The van der Waals surface area contributed by atoms with E-state index in [0.717, 1.165) is 5.56 Å². The Kier molecular flexibility index (Phi) is 7.46. The SMILES string of the molecule is CC(=O)NCCNC(=O)c1nccc2nn(Cc3cnc(OCCC(F)(F)F)c(C)c3)cc12. The van der Waals surface area contributed by atoms with Crippen molar-refractivity contribution >= 4 is 22.7 Å². The Balaban J connectivity index is 1.67. The van der Waals surface area contributed by atoms with Gasteiger partial charge < -0.3 is 15.4 Å². The van der Waals surface area contributed by atoms with Crippen molar-refractivity contribution in [3.8, 4) is 5.88 Å². The summed E-state index contributed by atoms with van der Waals surface area (Å²) in [5.74, 6) is -0.421. The van der Waals surface area contributed by atoms with Gasteiger partial charge in [-0.25, -0.2) is 4.98 Å². The molecule has 176 valence electrons. The number of halogens is 3. The van der Waals surface area contributed by atoms with Crippen LogP contribution in [0.3, 0.4) is 0 Å². The first-order chi connectivity index (χ1) is 15.6. The van der Waals surface area contributed by atoms with Crippen LogP contribution in [0.15, 0.2) is 30.7 Å². The summed E-state index contributed by atoms with van der Waals surface area (Å²) in [7, 11) is 0. The molecule has 0 spiro atoms. The third-order valence-corrected chi connectivity index (χ3v) is 4.54. The lowest BCUT2D eigenvalue weighted by Gasteiger charge is -2.11. The smallest absolute Gasteiger partial charge is 0.392 e. The van der Waals surface area contributed by atoms with Crippen molar-refractivity contribution in [2.75, 3.05) is 19.7 Å². The van der Waals surface area contributed by atoms with Crippen LogP contribution in [0.25, 0.3) is 10.9 Å².